The van der Waals surface area contributed by atoms with Crippen LogP contribution in [0.3, 0.4) is 0 Å². The van der Waals surface area contributed by atoms with Gasteiger partial charge in [0.1, 0.15) is 11.6 Å². The predicted molar refractivity (Wildman–Crippen MR) is 130 cm³/mol. The number of aromatic hydroxyl groups is 1. The molecule has 0 unspecified atom stereocenters. The molecular formula is C25H29ClN4O3. The normalized spacial score (nSPS) is 15.5. The summed E-state index contributed by atoms with van der Waals surface area (Å²) >= 11 is 6.33. The molecule has 1 N–H and O–H groups in total. The number of nitrogens with zero attached hydrogens (tertiary/aromatic N) is 4. The number of ether oxygens (including phenoxy) is 1. The molecule has 1 aromatic carbocycles. The molecule has 1 atom stereocenters. The van der Waals surface area contributed by atoms with E-state index in [1.54, 1.807) is 23.9 Å². The Balaban J connectivity index is 1.73. The number of hydrogen-bond donors (Lipinski definition) is 1. The predicted octanol–water partition coefficient (Wildman–Crippen LogP) is 3.47. The Morgan fingerprint density at radius 2 is 1.91 bits per heavy atom. The molecule has 1 aliphatic heterocycles. The van der Waals surface area contributed by atoms with Crippen LogP contribution in [0.1, 0.15) is 22.9 Å². The first-order valence-electron chi connectivity index (χ1n) is 11.1. The van der Waals surface area contributed by atoms with Crippen molar-refractivity contribution in [3.05, 3.63) is 86.9 Å². The molecule has 1 aliphatic rings. The Kier molecular flexibility index (Phi) is 7.33. The van der Waals surface area contributed by atoms with E-state index in [1.165, 1.54) is 0 Å². The first-order valence-corrected chi connectivity index (χ1v) is 11.4. The standard InChI is InChI=1S/C25H29ClN4O3/c1-18-16-21(31)23(25(32)30(18)14-15-33-2)24(19-6-5-7-20(26)17-19)29-12-10-28(11-13-29)22-8-3-4-9-27-22/h3-9,16-17,24,31H,10-15H2,1-2H3/t24-/m0/s1. The number of anilines is 1. The van der Waals surface area contributed by atoms with Crippen LogP contribution in [0.4, 0.5) is 5.82 Å². The third-order valence-corrected chi connectivity index (χ3v) is 6.37. The summed E-state index contributed by atoms with van der Waals surface area (Å²) in [6.45, 7) is 5.59. The van der Waals surface area contributed by atoms with E-state index in [0.717, 1.165) is 24.5 Å². The summed E-state index contributed by atoms with van der Waals surface area (Å²) in [4.78, 5) is 22.5. The molecule has 0 aliphatic carbocycles. The van der Waals surface area contributed by atoms with Crippen LogP contribution < -0.4 is 10.5 Å². The van der Waals surface area contributed by atoms with Crippen LogP contribution >= 0.6 is 11.6 Å². The number of piperazine rings is 1. The lowest BCUT2D eigenvalue weighted by Gasteiger charge is -2.40. The van der Waals surface area contributed by atoms with E-state index in [1.807, 2.05) is 49.4 Å². The fourth-order valence-electron chi connectivity index (χ4n) is 4.47. The Hall–Kier alpha value is -2.87. The van der Waals surface area contributed by atoms with Crippen LogP contribution in [0.15, 0.2) is 59.5 Å². The summed E-state index contributed by atoms with van der Waals surface area (Å²) in [5.41, 5.74) is 1.73. The molecule has 7 nitrogen and oxygen atoms in total. The largest absolute Gasteiger partial charge is 0.507 e. The van der Waals surface area contributed by atoms with Crippen molar-refractivity contribution in [1.82, 2.24) is 14.5 Å². The first-order chi connectivity index (χ1) is 16.0. The highest BCUT2D eigenvalue weighted by Crippen LogP contribution is 2.34. The molecule has 174 valence electrons. The minimum atomic E-state index is -0.420. The van der Waals surface area contributed by atoms with Crippen LogP contribution in [0.2, 0.25) is 5.02 Å². The van der Waals surface area contributed by atoms with Gasteiger partial charge in [-0.05, 0) is 42.8 Å². The number of pyridine rings is 2. The van der Waals surface area contributed by atoms with Crippen molar-refractivity contribution in [2.45, 2.75) is 19.5 Å². The number of aryl methyl sites for hydroxylation is 1. The molecule has 1 saturated heterocycles. The monoisotopic (exact) mass is 468 g/mol. The van der Waals surface area contributed by atoms with E-state index >= 15 is 0 Å². The topological polar surface area (TPSA) is 70.8 Å². The van der Waals surface area contributed by atoms with Gasteiger partial charge in [0.2, 0.25) is 0 Å². The fourth-order valence-corrected chi connectivity index (χ4v) is 4.67. The molecule has 0 bridgehead atoms. The molecule has 8 heteroatoms. The second-order valence-corrected chi connectivity index (χ2v) is 8.64. The third kappa shape index (κ3) is 5.05. The zero-order valence-corrected chi connectivity index (χ0v) is 19.7. The summed E-state index contributed by atoms with van der Waals surface area (Å²) < 4.78 is 6.86. The second kappa shape index (κ2) is 10.4. The van der Waals surface area contributed by atoms with Gasteiger partial charge in [0.25, 0.3) is 5.56 Å². The van der Waals surface area contributed by atoms with Crippen molar-refractivity contribution >= 4 is 17.4 Å². The maximum atomic E-state index is 13.6. The van der Waals surface area contributed by atoms with Crippen LogP contribution in [0.25, 0.3) is 0 Å². The zero-order chi connectivity index (χ0) is 23.4. The smallest absolute Gasteiger partial charge is 0.259 e. The quantitative estimate of drug-likeness (QED) is 0.572. The van der Waals surface area contributed by atoms with Crippen molar-refractivity contribution in [1.29, 1.82) is 0 Å². The molecule has 33 heavy (non-hydrogen) atoms. The van der Waals surface area contributed by atoms with E-state index in [0.29, 0.717) is 42.5 Å². The Morgan fingerprint density at radius 3 is 2.58 bits per heavy atom. The number of hydrogen-bond acceptors (Lipinski definition) is 6. The molecule has 3 heterocycles. The molecule has 1 fully saturated rings. The summed E-state index contributed by atoms with van der Waals surface area (Å²) in [6.07, 6.45) is 1.79. The Morgan fingerprint density at radius 1 is 1.12 bits per heavy atom. The molecule has 3 aromatic rings. The SMILES string of the molecule is COCCn1c(C)cc(O)c([C@H](c2cccc(Cl)c2)N2CCN(c3ccccn3)CC2)c1=O. The van der Waals surface area contributed by atoms with Gasteiger partial charge >= 0.3 is 0 Å². The van der Waals surface area contributed by atoms with Crippen molar-refractivity contribution < 1.29 is 9.84 Å². The zero-order valence-electron chi connectivity index (χ0n) is 18.9. The number of halogens is 1. The van der Waals surface area contributed by atoms with Crippen molar-refractivity contribution in [2.75, 3.05) is 44.8 Å². The van der Waals surface area contributed by atoms with Gasteiger partial charge in [-0.15, -0.1) is 0 Å². The van der Waals surface area contributed by atoms with Crippen molar-refractivity contribution in [3.8, 4) is 5.75 Å². The highest BCUT2D eigenvalue weighted by Gasteiger charge is 2.31. The minimum absolute atomic E-state index is 0.00305. The van der Waals surface area contributed by atoms with E-state index < -0.39 is 6.04 Å². The van der Waals surface area contributed by atoms with Crippen molar-refractivity contribution in [2.24, 2.45) is 0 Å². The lowest BCUT2D eigenvalue weighted by molar-refractivity contribution is 0.183. The van der Waals surface area contributed by atoms with E-state index in [2.05, 4.69) is 14.8 Å². The average Bonchev–Trinajstić information content (AvgIpc) is 2.82. The van der Waals surface area contributed by atoms with E-state index in [4.69, 9.17) is 16.3 Å². The van der Waals surface area contributed by atoms with Crippen LogP contribution in [-0.2, 0) is 11.3 Å². The van der Waals surface area contributed by atoms with Gasteiger partial charge in [0.05, 0.1) is 18.2 Å². The van der Waals surface area contributed by atoms with Crippen LogP contribution in [-0.4, -0.2) is 59.5 Å². The maximum Gasteiger partial charge on any atom is 0.259 e. The highest BCUT2D eigenvalue weighted by molar-refractivity contribution is 6.30. The van der Waals surface area contributed by atoms with Gasteiger partial charge in [-0.25, -0.2) is 4.98 Å². The van der Waals surface area contributed by atoms with Crippen molar-refractivity contribution in [3.63, 3.8) is 0 Å². The number of aromatic nitrogens is 2. The fraction of sp³-hybridized carbons (Fsp3) is 0.360. The molecular weight excluding hydrogens is 440 g/mol. The summed E-state index contributed by atoms with van der Waals surface area (Å²) in [6, 6.07) is 14.7. The summed E-state index contributed by atoms with van der Waals surface area (Å²) in [5, 5.41) is 11.6. The molecule has 0 saturated carbocycles. The van der Waals surface area contributed by atoms with Crippen LogP contribution in [0, 0.1) is 6.92 Å². The third-order valence-electron chi connectivity index (χ3n) is 6.13. The molecule has 0 spiro atoms. The summed E-state index contributed by atoms with van der Waals surface area (Å²) in [5.74, 6) is 0.944. The van der Waals surface area contributed by atoms with Gasteiger partial charge in [-0.1, -0.05) is 29.8 Å². The molecule has 4 rings (SSSR count). The second-order valence-electron chi connectivity index (χ2n) is 8.20. The lowest BCUT2D eigenvalue weighted by Crippen LogP contribution is -2.49. The number of methoxy groups -OCH3 is 1. The van der Waals surface area contributed by atoms with E-state index in [-0.39, 0.29) is 11.3 Å². The number of benzene rings is 1. The molecule has 2 aromatic heterocycles. The van der Waals surface area contributed by atoms with Gasteiger partial charge in [-0.3, -0.25) is 9.69 Å². The van der Waals surface area contributed by atoms with Gasteiger partial charge in [0.15, 0.2) is 0 Å². The van der Waals surface area contributed by atoms with E-state index in [9.17, 15) is 9.90 Å². The Labute approximate surface area is 198 Å². The molecule has 0 amide bonds. The van der Waals surface area contributed by atoms with Gasteiger partial charge < -0.3 is 19.3 Å². The summed E-state index contributed by atoms with van der Waals surface area (Å²) in [7, 11) is 1.61. The number of rotatable bonds is 7. The van der Waals surface area contributed by atoms with Gasteiger partial charge in [0, 0.05) is 56.7 Å². The Bertz CT molecular complexity index is 1140. The van der Waals surface area contributed by atoms with Crippen LogP contribution in [0.5, 0.6) is 5.75 Å². The highest BCUT2D eigenvalue weighted by atomic mass is 35.5. The average molecular weight is 469 g/mol. The molecule has 0 radical (unpaired) electrons. The van der Waals surface area contributed by atoms with Gasteiger partial charge in [-0.2, -0.15) is 0 Å². The maximum absolute atomic E-state index is 13.6. The first kappa shape index (κ1) is 23.3. The minimum Gasteiger partial charge on any atom is -0.507 e. The lowest BCUT2D eigenvalue weighted by atomic mass is 9.96.